The van der Waals surface area contributed by atoms with Gasteiger partial charge in [0.15, 0.2) is 0 Å². The summed E-state index contributed by atoms with van der Waals surface area (Å²) in [4.78, 5) is 23.1. The quantitative estimate of drug-likeness (QED) is 0.692. The Balaban J connectivity index is 2.61. The fourth-order valence-electron chi connectivity index (χ4n) is 3.61. The summed E-state index contributed by atoms with van der Waals surface area (Å²) in [5.74, 6) is -1.26. The van der Waals surface area contributed by atoms with Gasteiger partial charge in [0.25, 0.3) is 0 Å². The number of primary amides is 1. The summed E-state index contributed by atoms with van der Waals surface area (Å²) in [5.41, 5.74) is 3.93. The second-order valence-electron chi connectivity index (χ2n) is 5.61. The number of amides is 1. The van der Waals surface area contributed by atoms with Gasteiger partial charge >= 0.3 is 5.97 Å². The molecule has 0 aliphatic heterocycles. The molecule has 2 saturated carbocycles. The van der Waals surface area contributed by atoms with Crippen LogP contribution in [0.15, 0.2) is 12.2 Å². The lowest BCUT2D eigenvalue weighted by molar-refractivity contribution is -0.153. The van der Waals surface area contributed by atoms with Crippen molar-refractivity contribution in [3.63, 3.8) is 0 Å². The van der Waals surface area contributed by atoms with Crippen molar-refractivity contribution in [3.8, 4) is 0 Å². The normalized spacial score (nSPS) is 40.0. The van der Waals surface area contributed by atoms with E-state index >= 15 is 0 Å². The molecule has 0 heterocycles. The Bertz CT molecular complexity index is 412. The summed E-state index contributed by atoms with van der Waals surface area (Å²) < 4.78 is 0. The smallest absolute Gasteiger partial charge is 0.310 e. The Labute approximate surface area is 94.5 Å². The topological polar surface area (TPSA) is 80.4 Å². The number of carboxylic acids is 1. The van der Waals surface area contributed by atoms with Crippen LogP contribution in [0.1, 0.15) is 33.1 Å². The fourth-order valence-corrected chi connectivity index (χ4v) is 3.61. The molecule has 2 aliphatic rings. The number of carboxylic acid groups (broad SMARTS) is 1. The first-order chi connectivity index (χ1) is 7.21. The summed E-state index contributed by atoms with van der Waals surface area (Å²) in [6, 6.07) is 0. The van der Waals surface area contributed by atoms with E-state index in [4.69, 9.17) is 5.73 Å². The molecule has 88 valence electrons. The lowest BCUT2D eigenvalue weighted by Gasteiger charge is -2.41. The molecule has 0 aromatic heterocycles. The maximum Gasteiger partial charge on any atom is 0.310 e. The van der Waals surface area contributed by atoms with E-state index in [-0.39, 0.29) is 0 Å². The average molecular weight is 223 g/mol. The molecule has 0 saturated heterocycles. The molecular weight excluding hydrogens is 206 g/mol. The van der Waals surface area contributed by atoms with Gasteiger partial charge in [-0.05, 0) is 19.3 Å². The van der Waals surface area contributed by atoms with Crippen LogP contribution in [0.4, 0.5) is 0 Å². The van der Waals surface area contributed by atoms with Gasteiger partial charge in [-0.1, -0.05) is 26.0 Å². The number of hydrogen-bond acceptors (Lipinski definition) is 2. The van der Waals surface area contributed by atoms with Gasteiger partial charge in [-0.2, -0.15) is 0 Å². The van der Waals surface area contributed by atoms with E-state index < -0.39 is 28.1 Å². The third kappa shape index (κ3) is 0.867. The van der Waals surface area contributed by atoms with Crippen molar-refractivity contribution in [2.24, 2.45) is 22.0 Å². The Kier molecular flexibility index (Phi) is 1.87. The standard InChI is InChI=1S/C12H17NO3/c1-7-10(2,3)12(9(15)16)5-4-11(7,6-12)8(13)14/h1,4-6H2,2-3H3,(H2,13,14)(H,15,16)/t11-,12-/m0/s1. The number of rotatable bonds is 2. The van der Waals surface area contributed by atoms with Crippen molar-refractivity contribution in [1.29, 1.82) is 0 Å². The van der Waals surface area contributed by atoms with E-state index in [9.17, 15) is 14.7 Å². The lowest BCUT2D eigenvalue weighted by Crippen LogP contribution is -2.43. The van der Waals surface area contributed by atoms with Gasteiger partial charge in [0.1, 0.15) is 0 Å². The van der Waals surface area contributed by atoms with Gasteiger partial charge in [0.2, 0.25) is 5.91 Å². The van der Waals surface area contributed by atoms with E-state index in [0.717, 1.165) is 0 Å². The van der Waals surface area contributed by atoms with Crippen LogP contribution in [0.25, 0.3) is 0 Å². The van der Waals surface area contributed by atoms with E-state index in [1.165, 1.54) is 0 Å². The number of carbonyl (C=O) groups is 2. The first-order valence-corrected chi connectivity index (χ1v) is 5.44. The third-order valence-corrected chi connectivity index (χ3v) is 4.99. The van der Waals surface area contributed by atoms with Gasteiger partial charge < -0.3 is 10.8 Å². The molecule has 0 aromatic rings. The Hall–Kier alpha value is -1.32. The fraction of sp³-hybridized carbons (Fsp3) is 0.667. The second-order valence-corrected chi connectivity index (χ2v) is 5.61. The predicted octanol–water partition coefficient (Wildman–Crippen LogP) is 1.31. The minimum Gasteiger partial charge on any atom is -0.481 e. The van der Waals surface area contributed by atoms with Gasteiger partial charge in [-0.25, -0.2) is 0 Å². The molecule has 1 amide bonds. The maximum atomic E-state index is 11.6. The lowest BCUT2D eigenvalue weighted by atomic mass is 9.61. The number of aliphatic carboxylic acids is 1. The highest BCUT2D eigenvalue weighted by molar-refractivity contribution is 5.91. The summed E-state index contributed by atoms with van der Waals surface area (Å²) in [6.45, 7) is 7.66. The minimum absolute atomic E-state index is 0.316. The Morgan fingerprint density at radius 3 is 2.25 bits per heavy atom. The van der Waals surface area contributed by atoms with Gasteiger partial charge in [0, 0.05) is 5.41 Å². The van der Waals surface area contributed by atoms with Crippen LogP contribution in [0.3, 0.4) is 0 Å². The number of hydrogen-bond donors (Lipinski definition) is 2. The van der Waals surface area contributed by atoms with Gasteiger partial charge in [0.05, 0.1) is 10.8 Å². The van der Waals surface area contributed by atoms with Crippen molar-refractivity contribution in [2.75, 3.05) is 0 Å². The maximum absolute atomic E-state index is 11.6. The first kappa shape index (κ1) is 11.2. The monoisotopic (exact) mass is 223 g/mol. The SMILES string of the molecule is C=C1C(C)(C)[C@@]2(C(=O)O)CC[C@]1(C(N)=O)C2. The van der Waals surface area contributed by atoms with Crippen molar-refractivity contribution in [3.05, 3.63) is 12.2 Å². The zero-order valence-electron chi connectivity index (χ0n) is 9.67. The Morgan fingerprint density at radius 2 is 1.94 bits per heavy atom. The molecule has 0 unspecified atom stereocenters. The second kappa shape index (κ2) is 2.67. The molecule has 4 heteroatoms. The summed E-state index contributed by atoms with van der Waals surface area (Å²) in [5, 5.41) is 9.45. The molecule has 2 atom stereocenters. The zero-order valence-corrected chi connectivity index (χ0v) is 9.67. The molecule has 2 fully saturated rings. The first-order valence-electron chi connectivity index (χ1n) is 5.44. The van der Waals surface area contributed by atoms with Crippen molar-refractivity contribution < 1.29 is 14.7 Å². The molecule has 0 spiro atoms. The van der Waals surface area contributed by atoms with Crippen LogP contribution >= 0.6 is 0 Å². The van der Waals surface area contributed by atoms with Gasteiger partial charge in [-0.15, -0.1) is 0 Å². The molecular formula is C12H17NO3. The predicted molar refractivity (Wildman–Crippen MR) is 58.5 cm³/mol. The van der Waals surface area contributed by atoms with E-state index in [1.807, 2.05) is 13.8 Å². The number of fused-ring (bicyclic) bond motifs is 2. The highest BCUT2D eigenvalue weighted by Gasteiger charge is 2.71. The molecule has 0 aromatic carbocycles. The summed E-state index contributed by atoms with van der Waals surface area (Å²) >= 11 is 0. The molecule has 4 nitrogen and oxygen atoms in total. The molecule has 3 N–H and O–H groups in total. The molecule has 16 heavy (non-hydrogen) atoms. The molecule has 2 bridgehead atoms. The summed E-state index contributed by atoms with van der Waals surface area (Å²) in [7, 11) is 0. The highest BCUT2D eigenvalue weighted by Crippen LogP contribution is 2.72. The van der Waals surface area contributed by atoms with E-state index in [1.54, 1.807) is 0 Å². The molecule has 2 rings (SSSR count). The Morgan fingerprint density at radius 1 is 1.38 bits per heavy atom. The van der Waals surface area contributed by atoms with Gasteiger partial charge in [-0.3, -0.25) is 9.59 Å². The molecule has 0 radical (unpaired) electrons. The van der Waals surface area contributed by atoms with Crippen LogP contribution in [-0.4, -0.2) is 17.0 Å². The van der Waals surface area contributed by atoms with Crippen LogP contribution < -0.4 is 5.73 Å². The van der Waals surface area contributed by atoms with Crippen molar-refractivity contribution >= 4 is 11.9 Å². The van der Waals surface area contributed by atoms with Crippen LogP contribution in [0, 0.1) is 16.2 Å². The zero-order chi connectivity index (χ0) is 12.4. The van der Waals surface area contributed by atoms with Crippen LogP contribution in [0.5, 0.6) is 0 Å². The summed E-state index contributed by atoms with van der Waals surface area (Å²) in [6.07, 6.45) is 1.35. The molecule has 2 aliphatic carbocycles. The highest BCUT2D eigenvalue weighted by atomic mass is 16.4. The van der Waals surface area contributed by atoms with Crippen molar-refractivity contribution in [2.45, 2.75) is 33.1 Å². The van der Waals surface area contributed by atoms with Crippen LogP contribution in [-0.2, 0) is 9.59 Å². The van der Waals surface area contributed by atoms with E-state index in [0.29, 0.717) is 24.8 Å². The number of nitrogens with two attached hydrogens (primary N) is 1. The third-order valence-electron chi connectivity index (χ3n) is 4.99. The van der Waals surface area contributed by atoms with Crippen LogP contribution in [0.2, 0.25) is 0 Å². The minimum atomic E-state index is -0.862. The average Bonchev–Trinajstić information content (AvgIpc) is 2.64. The largest absolute Gasteiger partial charge is 0.481 e. The number of carbonyl (C=O) groups excluding carboxylic acids is 1. The van der Waals surface area contributed by atoms with Crippen molar-refractivity contribution in [1.82, 2.24) is 0 Å². The van der Waals surface area contributed by atoms with E-state index in [2.05, 4.69) is 6.58 Å².